The Labute approximate surface area is 132 Å². The molecule has 1 fully saturated rings. The minimum atomic E-state index is 0. The smallest absolute Gasteiger partial charge is 0.119 e. The van der Waals surface area contributed by atoms with Crippen molar-refractivity contribution >= 4 is 12.4 Å². The molecule has 112 valence electrons. The van der Waals surface area contributed by atoms with Gasteiger partial charge in [-0.1, -0.05) is 48.9 Å². The lowest BCUT2D eigenvalue weighted by molar-refractivity contribution is 0.264. The van der Waals surface area contributed by atoms with Crippen molar-refractivity contribution in [2.45, 2.75) is 31.9 Å². The van der Waals surface area contributed by atoms with Gasteiger partial charge < -0.3 is 10.5 Å². The van der Waals surface area contributed by atoms with E-state index in [0.717, 1.165) is 5.75 Å². The first kappa shape index (κ1) is 15.9. The number of ether oxygens (including phenoxy) is 1. The van der Waals surface area contributed by atoms with Crippen LogP contribution in [0.25, 0.3) is 0 Å². The van der Waals surface area contributed by atoms with Gasteiger partial charge in [-0.2, -0.15) is 0 Å². The maximum atomic E-state index is 6.27. The van der Waals surface area contributed by atoms with Crippen LogP contribution in [-0.4, -0.2) is 0 Å². The van der Waals surface area contributed by atoms with Crippen LogP contribution in [-0.2, 0) is 6.61 Å². The highest BCUT2D eigenvalue weighted by molar-refractivity contribution is 5.85. The number of nitrogens with two attached hydrogens (primary N) is 1. The van der Waals surface area contributed by atoms with Crippen LogP contribution in [0.3, 0.4) is 0 Å². The minimum absolute atomic E-state index is 0. The number of hydrogen-bond acceptors (Lipinski definition) is 2. The van der Waals surface area contributed by atoms with Crippen LogP contribution in [0.2, 0.25) is 0 Å². The number of benzene rings is 2. The second-order valence-corrected chi connectivity index (χ2v) is 5.56. The molecule has 0 amide bonds. The molecular weight excluding hydrogens is 282 g/mol. The van der Waals surface area contributed by atoms with Crippen LogP contribution < -0.4 is 10.5 Å². The van der Waals surface area contributed by atoms with E-state index in [9.17, 15) is 0 Å². The van der Waals surface area contributed by atoms with E-state index in [1.165, 1.54) is 30.4 Å². The predicted octanol–water partition coefficient (Wildman–Crippen LogP) is 4.49. The van der Waals surface area contributed by atoms with Gasteiger partial charge in [-0.25, -0.2) is 0 Å². The highest BCUT2D eigenvalue weighted by Crippen LogP contribution is 2.36. The summed E-state index contributed by atoms with van der Waals surface area (Å²) in [7, 11) is 0. The van der Waals surface area contributed by atoms with E-state index in [1.54, 1.807) is 0 Å². The normalized spacial score (nSPS) is 15.7. The van der Waals surface area contributed by atoms with Gasteiger partial charge in [0.15, 0.2) is 0 Å². The van der Waals surface area contributed by atoms with Crippen molar-refractivity contribution in [3.63, 3.8) is 0 Å². The fourth-order valence-corrected chi connectivity index (χ4v) is 2.60. The topological polar surface area (TPSA) is 35.2 Å². The van der Waals surface area contributed by atoms with Crippen molar-refractivity contribution in [3.8, 4) is 5.75 Å². The van der Waals surface area contributed by atoms with Gasteiger partial charge in [0.05, 0.1) is 0 Å². The molecule has 0 saturated heterocycles. The van der Waals surface area contributed by atoms with Crippen molar-refractivity contribution in [2.75, 3.05) is 0 Å². The van der Waals surface area contributed by atoms with Crippen molar-refractivity contribution in [1.29, 1.82) is 0 Å². The monoisotopic (exact) mass is 303 g/mol. The van der Waals surface area contributed by atoms with Gasteiger partial charge in [-0.05, 0) is 42.0 Å². The van der Waals surface area contributed by atoms with Crippen molar-refractivity contribution in [2.24, 2.45) is 11.7 Å². The summed E-state index contributed by atoms with van der Waals surface area (Å²) < 4.78 is 5.79. The molecule has 0 aromatic heterocycles. The molecule has 1 saturated carbocycles. The third-order valence-electron chi connectivity index (χ3n) is 4.17. The van der Waals surface area contributed by atoms with E-state index in [0.29, 0.717) is 12.5 Å². The molecule has 2 aromatic rings. The molecule has 2 nitrogen and oxygen atoms in total. The van der Waals surface area contributed by atoms with Crippen LogP contribution in [0, 0.1) is 5.92 Å². The Morgan fingerprint density at radius 1 is 1.00 bits per heavy atom. The Kier molecular flexibility index (Phi) is 5.66. The summed E-state index contributed by atoms with van der Waals surface area (Å²) in [6.45, 7) is 0.606. The molecular formula is C18H22ClNO. The Morgan fingerprint density at radius 2 is 1.67 bits per heavy atom. The average Bonchev–Trinajstić information content (AvgIpc) is 2.45. The second-order valence-electron chi connectivity index (χ2n) is 5.56. The molecule has 2 aromatic carbocycles. The largest absolute Gasteiger partial charge is 0.489 e. The van der Waals surface area contributed by atoms with Crippen molar-refractivity contribution in [1.82, 2.24) is 0 Å². The van der Waals surface area contributed by atoms with E-state index >= 15 is 0 Å². The summed E-state index contributed by atoms with van der Waals surface area (Å²) in [5, 5.41) is 0. The molecule has 1 aliphatic carbocycles. The van der Waals surface area contributed by atoms with Gasteiger partial charge in [0.2, 0.25) is 0 Å². The zero-order chi connectivity index (χ0) is 13.8. The summed E-state index contributed by atoms with van der Waals surface area (Å²) in [6, 6.07) is 18.6. The summed E-state index contributed by atoms with van der Waals surface area (Å²) in [5.74, 6) is 1.57. The molecule has 0 radical (unpaired) electrons. The third kappa shape index (κ3) is 3.99. The van der Waals surface area contributed by atoms with Gasteiger partial charge >= 0.3 is 0 Å². The predicted molar refractivity (Wildman–Crippen MR) is 88.7 cm³/mol. The van der Waals surface area contributed by atoms with E-state index in [4.69, 9.17) is 10.5 Å². The van der Waals surface area contributed by atoms with Crippen molar-refractivity contribution < 1.29 is 4.74 Å². The molecule has 0 aliphatic heterocycles. The van der Waals surface area contributed by atoms with E-state index < -0.39 is 0 Å². The Morgan fingerprint density at radius 3 is 2.24 bits per heavy atom. The minimum Gasteiger partial charge on any atom is -0.489 e. The maximum Gasteiger partial charge on any atom is 0.119 e. The third-order valence-corrected chi connectivity index (χ3v) is 4.17. The Bertz CT molecular complexity index is 537. The van der Waals surface area contributed by atoms with Crippen molar-refractivity contribution in [3.05, 3.63) is 65.7 Å². The second kappa shape index (κ2) is 7.48. The summed E-state index contributed by atoms with van der Waals surface area (Å²) >= 11 is 0. The Balaban J connectivity index is 0.00000161. The first-order valence-electron chi connectivity index (χ1n) is 7.35. The van der Waals surface area contributed by atoms with E-state index in [2.05, 4.69) is 24.3 Å². The first-order chi connectivity index (χ1) is 9.83. The lowest BCUT2D eigenvalue weighted by Gasteiger charge is -2.31. The fourth-order valence-electron chi connectivity index (χ4n) is 2.60. The molecule has 1 atom stereocenters. The van der Waals surface area contributed by atoms with Gasteiger partial charge in [0, 0.05) is 6.04 Å². The molecule has 3 rings (SSSR count). The maximum absolute atomic E-state index is 6.27. The van der Waals surface area contributed by atoms with Gasteiger partial charge in [-0.15, -0.1) is 12.4 Å². The number of rotatable bonds is 5. The molecule has 2 N–H and O–H groups in total. The van der Waals surface area contributed by atoms with Crippen LogP contribution in [0.1, 0.15) is 36.4 Å². The molecule has 21 heavy (non-hydrogen) atoms. The zero-order valence-electron chi connectivity index (χ0n) is 12.1. The SMILES string of the molecule is Cl.N[C@H](c1ccc(OCc2ccccc2)cc1)C1CCC1. The molecule has 3 heteroatoms. The summed E-state index contributed by atoms with van der Waals surface area (Å²) in [5.41, 5.74) is 8.68. The molecule has 1 aliphatic rings. The first-order valence-corrected chi connectivity index (χ1v) is 7.35. The number of halogens is 1. The summed E-state index contributed by atoms with van der Waals surface area (Å²) in [6.07, 6.45) is 3.87. The van der Waals surface area contributed by atoms with Gasteiger partial charge in [0.1, 0.15) is 12.4 Å². The lowest BCUT2D eigenvalue weighted by atomic mass is 9.78. The zero-order valence-corrected chi connectivity index (χ0v) is 12.9. The molecule has 0 unspecified atom stereocenters. The molecule has 0 bridgehead atoms. The molecule has 0 spiro atoms. The van der Waals surface area contributed by atoms with Crippen LogP contribution in [0.4, 0.5) is 0 Å². The summed E-state index contributed by atoms with van der Waals surface area (Å²) in [4.78, 5) is 0. The highest BCUT2D eigenvalue weighted by Gasteiger charge is 2.25. The Hall–Kier alpha value is -1.51. The lowest BCUT2D eigenvalue weighted by Crippen LogP contribution is -2.26. The quantitative estimate of drug-likeness (QED) is 0.883. The average molecular weight is 304 g/mol. The van der Waals surface area contributed by atoms with E-state index in [-0.39, 0.29) is 18.4 Å². The fraction of sp³-hybridized carbons (Fsp3) is 0.333. The van der Waals surface area contributed by atoms with Crippen LogP contribution in [0.5, 0.6) is 5.75 Å². The molecule has 0 heterocycles. The van der Waals surface area contributed by atoms with Gasteiger partial charge in [-0.3, -0.25) is 0 Å². The standard InChI is InChI=1S/C18H21NO.ClH/c19-18(15-7-4-8-15)16-9-11-17(12-10-16)20-13-14-5-2-1-3-6-14;/h1-3,5-6,9-12,15,18H,4,7-8,13,19H2;1H/t18-;/m0./s1. The van der Waals surface area contributed by atoms with Crippen LogP contribution in [0.15, 0.2) is 54.6 Å². The van der Waals surface area contributed by atoms with Gasteiger partial charge in [0.25, 0.3) is 0 Å². The van der Waals surface area contributed by atoms with E-state index in [1.807, 2.05) is 30.3 Å². The highest BCUT2D eigenvalue weighted by atomic mass is 35.5. The number of hydrogen-bond donors (Lipinski definition) is 1. The van der Waals surface area contributed by atoms with Crippen LogP contribution >= 0.6 is 12.4 Å².